The monoisotopic (exact) mass is 517 g/mol. The highest BCUT2D eigenvalue weighted by Crippen LogP contribution is 2.21. The van der Waals surface area contributed by atoms with Gasteiger partial charge in [0.15, 0.2) is 6.10 Å². The van der Waals surface area contributed by atoms with Gasteiger partial charge in [0.05, 0.1) is 26.4 Å². The van der Waals surface area contributed by atoms with Gasteiger partial charge in [-0.3, -0.25) is 9.69 Å². The van der Waals surface area contributed by atoms with E-state index >= 15 is 0 Å². The van der Waals surface area contributed by atoms with Crippen LogP contribution in [0.1, 0.15) is 31.4 Å². The first-order chi connectivity index (χ1) is 18.6. The molecule has 0 aliphatic carbocycles. The standard InChI is InChI=1S/C31H37N2O5/c1-3-23(2)28(19-33(16-17-34)18-26-14-9-13-25-12-7-8-15-27(25)26)32-31(35)38-30-22-36-21-29(30)37-20-24-10-5-4-6-11-24/h4-15,23,28-30H,3,16,18-22H2,1-2H3,(H,32,35)/t23-,28+,29+,30-/m0/s1. The highest BCUT2D eigenvalue weighted by molar-refractivity contribution is 5.85. The lowest BCUT2D eigenvalue weighted by Gasteiger charge is -2.31. The second kappa shape index (κ2) is 14.0. The summed E-state index contributed by atoms with van der Waals surface area (Å²) in [5.41, 5.74) is 2.18. The van der Waals surface area contributed by atoms with Crippen LogP contribution in [0.15, 0.2) is 72.8 Å². The Labute approximate surface area is 225 Å². The fraction of sp³-hybridized carbons (Fsp3) is 0.419. The van der Waals surface area contributed by atoms with Gasteiger partial charge < -0.3 is 19.5 Å². The smallest absolute Gasteiger partial charge is 0.407 e. The largest absolute Gasteiger partial charge is 0.441 e. The minimum absolute atomic E-state index is 0.152. The summed E-state index contributed by atoms with van der Waals surface area (Å²) in [5.74, 6) is 0.175. The van der Waals surface area contributed by atoms with E-state index in [0.717, 1.165) is 28.3 Å². The Morgan fingerprint density at radius 1 is 1.05 bits per heavy atom. The van der Waals surface area contributed by atoms with Crippen molar-refractivity contribution in [1.82, 2.24) is 10.2 Å². The molecule has 0 bridgehead atoms. The van der Waals surface area contributed by atoms with Gasteiger partial charge in [0.2, 0.25) is 6.29 Å². The van der Waals surface area contributed by atoms with Crippen LogP contribution in [-0.4, -0.2) is 61.8 Å². The molecule has 1 saturated heterocycles. The second-order valence-electron chi connectivity index (χ2n) is 9.90. The maximum atomic E-state index is 13.0. The zero-order valence-electron chi connectivity index (χ0n) is 22.2. The fourth-order valence-electron chi connectivity index (χ4n) is 4.76. The van der Waals surface area contributed by atoms with Gasteiger partial charge in [0.25, 0.3) is 0 Å². The van der Waals surface area contributed by atoms with E-state index in [0.29, 0.717) is 32.9 Å². The third kappa shape index (κ3) is 7.63. The number of nitrogens with zero attached hydrogens (tertiary/aromatic N) is 1. The van der Waals surface area contributed by atoms with Gasteiger partial charge in [-0.25, -0.2) is 4.79 Å². The molecule has 7 heteroatoms. The number of ether oxygens (including phenoxy) is 3. The van der Waals surface area contributed by atoms with Crippen molar-refractivity contribution in [2.75, 3.05) is 26.3 Å². The molecular weight excluding hydrogens is 480 g/mol. The maximum Gasteiger partial charge on any atom is 0.407 e. The molecule has 4 atom stereocenters. The summed E-state index contributed by atoms with van der Waals surface area (Å²) in [6.45, 7) is 6.52. The van der Waals surface area contributed by atoms with Crippen LogP contribution in [0.5, 0.6) is 0 Å². The molecule has 1 heterocycles. The van der Waals surface area contributed by atoms with Crippen LogP contribution in [0, 0.1) is 5.92 Å². The van der Waals surface area contributed by atoms with Crippen LogP contribution in [0.2, 0.25) is 0 Å². The van der Waals surface area contributed by atoms with Crippen molar-refractivity contribution >= 4 is 23.2 Å². The summed E-state index contributed by atoms with van der Waals surface area (Å²) in [5, 5.41) is 5.37. The van der Waals surface area contributed by atoms with Crippen LogP contribution in [0.25, 0.3) is 10.8 Å². The number of nitrogens with one attached hydrogen (secondary N) is 1. The second-order valence-corrected chi connectivity index (χ2v) is 9.90. The minimum atomic E-state index is -0.501. The van der Waals surface area contributed by atoms with E-state index in [1.165, 1.54) is 0 Å². The molecular formula is C31H37N2O5. The SMILES string of the molecule is CC[C@H](C)[C@@H](CN(C[C]=O)Cc1cccc2ccccc12)NC(=O)O[C@H]1COC[C@H]1OCc1ccccc1. The maximum absolute atomic E-state index is 13.0. The van der Waals surface area contributed by atoms with E-state index in [4.69, 9.17) is 14.2 Å². The lowest BCUT2D eigenvalue weighted by Crippen LogP contribution is -2.49. The average Bonchev–Trinajstić information content (AvgIpc) is 3.38. The van der Waals surface area contributed by atoms with E-state index in [9.17, 15) is 9.59 Å². The Bertz CT molecular complexity index is 1170. The minimum Gasteiger partial charge on any atom is -0.441 e. The normalized spacial score (nSPS) is 18.8. The summed E-state index contributed by atoms with van der Waals surface area (Å²) < 4.78 is 17.3. The molecule has 201 valence electrons. The molecule has 4 rings (SSSR count). The van der Waals surface area contributed by atoms with E-state index in [1.54, 1.807) is 0 Å². The van der Waals surface area contributed by atoms with Crippen LogP contribution in [-0.2, 0) is 32.2 Å². The number of hydrogen-bond donors (Lipinski definition) is 1. The Hall–Kier alpha value is -3.26. The van der Waals surface area contributed by atoms with Gasteiger partial charge in [-0.05, 0) is 27.8 Å². The van der Waals surface area contributed by atoms with Crippen molar-refractivity contribution in [3.8, 4) is 0 Å². The number of rotatable bonds is 13. The van der Waals surface area contributed by atoms with Gasteiger partial charge >= 0.3 is 6.09 Å². The predicted molar refractivity (Wildman–Crippen MR) is 147 cm³/mol. The molecule has 0 saturated carbocycles. The van der Waals surface area contributed by atoms with E-state index in [1.807, 2.05) is 59.7 Å². The number of carbonyl (C=O) groups excluding carboxylic acids is 2. The molecule has 1 fully saturated rings. The summed E-state index contributed by atoms with van der Waals surface area (Å²) in [7, 11) is 0. The van der Waals surface area contributed by atoms with Crippen molar-refractivity contribution in [3.05, 3.63) is 83.9 Å². The quantitative estimate of drug-likeness (QED) is 0.348. The molecule has 1 amide bonds. The first kappa shape index (κ1) is 27.8. The molecule has 0 spiro atoms. The van der Waals surface area contributed by atoms with E-state index in [-0.39, 0.29) is 24.6 Å². The zero-order valence-corrected chi connectivity index (χ0v) is 22.2. The lowest BCUT2D eigenvalue weighted by molar-refractivity contribution is -0.0270. The molecule has 7 nitrogen and oxygen atoms in total. The van der Waals surface area contributed by atoms with Crippen molar-refractivity contribution < 1.29 is 23.8 Å². The molecule has 3 aromatic carbocycles. The first-order valence-corrected chi connectivity index (χ1v) is 13.3. The summed E-state index contributed by atoms with van der Waals surface area (Å²) in [6.07, 6.45) is 1.61. The van der Waals surface area contributed by atoms with Crippen LogP contribution in [0.4, 0.5) is 4.79 Å². The molecule has 3 aromatic rings. The Morgan fingerprint density at radius 3 is 2.58 bits per heavy atom. The Kier molecular flexibility index (Phi) is 10.3. The number of carbonyl (C=O) groups is 1. The fourth-order valence-corrected chi connectivity index (χ4v) is 4.76. The molecule has 1 aliphatic heterocycles. The number of hydrogen-bond acceptors (Lipinski definition) is 6. The number of benzene rings is 3. The molecule has 1 N–H and O–H groups in total. The van der Waals surface area contributed by atoms with Crippen molar-refractivity contribution in [2.45, 2.75) is 51.7 Å². The van der Waals surface area contributed by atoms with Gasteiger partial charge in [-0.2, -0.15) is 0 Å². The highest BCUT2D eigenvalue weighted by atomic mass is 16.6. The zero-order chi connectivity index (χ0) is 26.7. The third-order valence-corrected chi connectivity index (χ3v) is 7.20. The van der Waals surface area contributed by atoms with Crippen molar-refractivity contribution in [3.63, 3.8) is 0 Å². The average molecular weight is 518 g/mol. The van der Waals surface area contributed by atoms with Crippen LogP contribution >= 0.6 is 0 Å². The summed E-state index contributed by atoms with van der Waals surface area (Å²) >= 11 is 0. The van der Waals surface area contributed by atoms with Gasteiger partial charge in [-0.15, -0.1) is 0 Å². The number of alkyl carbamates (subject to hydrolysis) is 1. The third-order valence-electron chi connectivity index (χ3n) is 7.20. The molecule has 1 radical (unpaired) electrons. The van der Waals surface area contributed by atoms with Crippen LogP contribution in [0.3, 0.4) is 0 Å². The van der Waals surface area contributed by atoms with Gasteiger partial charge in [0.1, 0.15) is 6.10 Å². The summed E-state index contributed by atoms with van der Waals surface area (Å²) in [4.78, 5) is 26.4. The number of amides is 1. The van der Waals surface area contributed by atoms with E-state index < -0.39 is 12.2 Å². The van der Waals surface area contributed by atoms with Crippen molar-refractivity contribution in [2.24, 2.45) is 5.92 Å². The van der Waals surface area contributed by atoms with E-state index in [2.05, 4.69) is 43.4 Å². The van der Waals surface area contributed by atoms with Crippen molar-refractivity contribution in [1.29, 1.82) is 0 Å². The van der Waals surface area contributed by atoms with Crippen LogP contribution < -0.4 is 5.32 Å². The predicted octanol–water partition coefficient (Wildman–Crippen LogP) is 4.88. The molecule has 0 unspecified atom stereocenters. The topological polar surface area (TPSA) is 77.1 Å². The molecule has 1 aliphatic rings. The van der Waals surface area contributed by atoms with Gasteiger partial charge in [0, 0.05) is 19.1 Å². The first-order valence-electron chi connectivity index (χ1n) is 13.3. The van der Waals surface area contributed by atoms with Gasteiger partial charge in [-0.1, -0.05) is 93.1 Å². The molecule has 0 aromatic heterocycles. The highest BCUT2D eigenvalue weighted by Gasteiger charge is 2.33. The lowest BCUT2D eigenvalue weighted by atomic mass is 9.98. The summed E-state index contributed by atoms with van der Waals surface area (Å²) in [6, 6.07) is 24.1. The molecule has 38 heavy (non-hydrogen) atoms. The Balaban J connectivity index is 1.37. The number of fused-ring (bicyclic) bond motifs is 1. The Morgan fingerprint density at radius 2 is 1.79 bits per heavy atom.